The maximum absolute atomic E-state index is 12.5. The van der Waals surface area contributed by atoms with E-state index in [-0.39, 0.29) is 6.42 Å². The highest BCUT2D eigenvalue weighted by atomic mass is 16.6. The van der Waals surface area contributed by atoms with Crippen LogP contribution in [0.15, 0.2) is 42.5 Å². The Bertz CT molecular complexity index is 863. The van der Waals surface area contributed by atoms with E-state index in [4.69, 9.17) is 15.2 Å². The fourth-order valence-electron chi connectivity index (χ4n) is 2.94. The van der Waals surface area contributed by atoms with E-state index in [1.165, 1.54) is 0 Å². The van der Waals surface area contributed by atoms with Crippen LogP contribution in [0.25, 0.3) is 0 Å². The number of ether oxygens (including phenoxy) is 2. The van der Waals surface area contributed by atoms with Crippen LogP contribution in [0.2, 0.25) is 0 Å². The van der Waals surface area contributed by atoms with Crippen molar-refractivity contribution in [1.29, 1.82) is 0 Å². The number of rotatable bonds is 7. The quantitative estimate of drug-likeness (QED) is 0.546. The topological polar surface area (TPSA) is 98.9 Å². The monoisotopic (exact) mass is 399 g/mol. The van der Waals surface area contributed by atoms with Crippen molar-refractivity contribution in [2.75, 3.05) is 0 Å². The lowest BCUT2D eigenvalue weighted by atomic mass is 9.87. The summed E-state index contributed by atoms with van der Waals surface area (Å²) in [7, 11) is 0. The highest BCUT2D eigenvalue weighted by molar-refractivity contribution is 6.04. The van der Waals surface area contributed by atoms with Gasteiger partial charge in [-0.25, -0.2) is 9.59 Å². The molecule has 0 aromatic heterocycles. The molecule has 0 fully saturated rings. The van der Waals surface area contributed by atoms with Crippen LogP contribution in [0.4, 0.5) is 0 Å². The number of carboxylic acids is 1. The molecule has 3 N–H and O–H groups in total. The number of nitrogens with two attached hydrogens (primary N) is 1. The zero-order valence-corrected chi connectivity index (χ0v) is 17.6. The van der Waals surface area contributed by atoms with Crippen LogP contribution < -0.4 is 10.5 Å². The minimum atomic E-state index is -2.17. The smallest absolute Gasteiger partial charge is 0.338 e. The lowest BCUT2D eigenvalue weighted by molar-refractivity contribution is -0.169. The molecule has 0 bridgehead atoms. The van der Waals surface area contributed by atoms with Gasteiger partial charge >= 0.3 is 11.9 Å². The van der Waals surface area contributed by atoms with Crippen molar-refractivity contribution in [3.8, 4) is 5.75 Å². The molecule has 6 heteroatoms. The van der Waals surface area contributed by atoms with Gasteiger partial charge in [0.05, 0.1) is 0 Å². The van der Waals surface area contributed by atoms with Crippen molar-refractivity contribution < 1.29 is 24.2 Å². The predicted molar refractivity (Wildman–Crippen MR) is 111 cm³/mol. The molecule has 0 amide bonds. The summed E-state index contributed by atoms with van der Waals surface area (Å²) in [5, 5.41) is 9.66. The number of carboxylic acid groups (broad SMARTS) is 1. The Labute approximate surface area is 171 Å². The first kappa shape index (κ1) is 22.4. The van der Waals surface area contributed by atoms with Gasteiger partial charge in [0.1, 0.15) is 18.0 Å². The van der Waals surface area contributed by atoms with Crippen LogP contribution in [0.3, 0.4) is 0 Å². The van der Waals surface area contributed by atoms with E-state index in [2.05, 4.69) is 0 Å². The Balaban J connectivity index is 2.24. The Morgan fingerprint density at radius 2 is 1.59 bits per heavy atom. The van der Waals surface area contributed by atoms with Crippen LogP contribution in [-0.2, 0) is 27.4 Å². The minimum absolute atomic E-state index is 0.173. The average Bonchev–Trinajstić information content (AvgIpc) is 2.62. The zero-order valence-electron chi connectivity index (χ0n) is 17.6. The molecule has 0 radical (unpaired) electrons. The molecule has 0 spiro atoms. The lowest BCUT2D eigenvalue weighted by Crippen LogP contribution is -2.58. The van der Waals surface area contributed by atoms with Gasteiger partial charge in [0.15, 0.2) is 0 Å². The van der Waals surface area contributed by atoms with Gasteiger partial charge in [0, 0.05) is 6.42 Å². The van der Waals surface area contributed by atoms with Gasteiger partial charge < -0.3 is 20.3 Å². The van der Waals surface area contributed by atoms with Gasteiger partial charge in [0.25, 0.3) is 0 Å². The Morgan fingerprint density at radius 3 is 2.07 bits per heavy atom. The fourth-order valence-corrected chi connectivity index (χ4v) is 2.94. The van der Waals surface area contributed by atoms with E-state index in [9.17, 15) is 14.7 Å². The van der Waals surface area contributed by atoms with Crippen molar-refractivity contribution >= 4 is 11.9 Å². The number of aliphatic carboxylic acids is 1. The Kier molecular flexibility index (Phi) is 6.69. The van der Waals surface area contributed by atoms with Gasteiger partial charge in [-0.2, -0.15) is 0 Å². The fraction of sp³-hybridized carbons (Fsp3) is 0.391. The number of carbonyl (C=O) groups is 2. The van der Waals surface area contributed by atoms with Crippen LogP contribution >= 0.6 is 0 Å². The standard InChI is InChI=1S/C23H29NO5/c1-15-11-18(28-14-17-9-7-6-8-10-17)12-16(2)19(15)13-23(24,20(25)26)21(27)29-22(3,4)5/h6-12H,13-14,24H2,1-5H3,(H,25,26)/t23-/m0/s1. The van der Waals surface area contributed by atoms with Crippen molar-refractivity contribution in [2.24, 2.45) is 5.73 Å². The van der Waals surface area contributed by atoms with Crippen molar-refractivity contribution in [2.45, 2.75) is 58.8 Å². The SMILES string of the molecule is Cc1cc(OCc2ccccc2)cc(C)c1C[C@](N)(C(=O)O)C(=O)OC(C)(C)C. The second-order valence-electron chi connectivity index (χ2n) is 8.27. The number of hydrogen-bond acceptors (Lipinski definition) is 5. The second kappa shape index (κ2) is 8.66. The van der Waals surface area contributed by atoms with Gasteiger partial charge in [0.2, 0.25) is 5.54 Å². The van der Waals surface area contributed by atoms with Gasteiger partial charge in [-0.15, -0.1) is 0 Å². The molecule has 0 aliphatic heterocycles. The molecule has 0 aliphatic carbocycles. The van der Waals surface area contributed by atoms with E-state index < -0.39 is 23.1 Å². The molecular formula is C23H29NO5. The molecule has 2 rings (SSSR count). The van der Waals surface area contributed by atoms with Crippen molar-refractivity contribution in [3.63, 3.8) is 0 Å². The van der Waals surface area contributed by atoms with Gasteiger partial charge in [-0.05, 0) is 69.0 Å². The van der Waals surface area contributed by atoms with Crippen molar-refractivity contribution in [3.05, 3.63) is 64.7 Å². The summed E-state index contributed by atoms with van der Waals surface area (Å²) in [6.07, 6.45) is -0.173. The number of aryl methyl sites for hydroxylation is 2. The summed E-state index contributed by atoms with van der Waals surface area (Å²) in [6, 6.07) is 13.4. The number of carbonyl (C=O) groups excluding carboxylic acids is 1. The molecule has 6 nitrogen and oxygen atoms in total. The van der Waals surface area contributed by atoms with Crippen LogP contribution in [0.1, 0.15) is 43.0 Å². The minimum Gasteiger partial charge on any atom is -0.489 e. The van der Waals surface area contributed by atoms with Gasteiger partial charge in [-0.1, -0.05) is 30.3 Å². The van der Waals surface area contributed by atoms with Crippen LogP contribution in [-0.4, -0.2) is 28.2 Å². The number of benzene rings is 2. The maximum atomic E-state index is 12.5. The summed E-state index contributed by atoms with van der Waals surface area (Å²) in [5.74, 6) is -1.71. The third-order valence-electron chi connectivity index (χ3n) is 4.52. The number of hydrogen-bond donors (Lipinski definition) is 2. The highest BCUT2D eigenvalue weighted by Gasteiger charge is 2.46. The third kappa shape index (κ3) is 5.81. The Morgan fingerprint density at radius 1 is 1.03 bits per heavy atom. The molecule has 0 unspecified atom stereocenters. The largest absolute Gasteiger partial charge is 0.489 e. The molecular weight excluding hydrogens is 370 g/mol. The molecule has 2 aromatic carbocycles. The Hall–Kier alpha value is -2.86. The molecule has 2 aromatic rings. The normalized spacial score (nSPS) is 13.4. The van der Waals surface area contributed by atoms with E-state index >= 15 is 0 Å². The summed E-state index contributed by atoms with van der Waals surface area (Å²) in [5.41, 5.74) is 6.35. The van der Waals surface area contributed by atoms with Crippen LogP contribution in [0.5, 0.6) is 5.75 Å². The number of esters is 1. The summed E-state index contributed by atoms with van der Waals surface area (Å²) >= 11 is 0. The molecule has 0 aliphatic rings. The third-order valence-corrected chi connectivity index (χ3v) is 4.52. The maximum Gasteiger partial charge on any atom is 0.338 e. The second-order valence-corrected chi connectivity index (χ2v) is 8.27. The van der Waals surface area contributed by atoms with Crippen LogP contribution in [0, 0.1) is 13.8 Å². The van der Waals surface area contributed by atoms with E-state index in [1.807, 2.05) is 56.3 Å². The molecule has 156 valence electrons. The predicted octanol–water partition coefficient (Wildman–Crippen LogP) is 3.55. The van der Waals surface area contributed by atoms with Gasteiger partial charge in [-0.3, -0.25) is 0 Å². The highest BCUT2D eigenvalue weighted by Crippen LogP contribution is 2.27. The average molecular weight is 399 g/mol. The molecule has 0 heterocycles. The van der Waals surface area contributed by atoms with Crippen molar-refractivity contribution in [1.82, 2.24) is 0 Å². The molecule has 29 heavy (non-hydrogen) atoms. The van der Waals surface area contributed by atoms with E-state index in [1.54, 1.807) is 20.8 Å². The first-order valence-corrected chi connectivity index (χ1v) is 9.45. The lowest BCUT2D eigenvalue weighted by Gasteiger charge is -2.29. The first-order valence-electron chi connectivity index (χ1n) is 9.45. The van der Waals surface area contributed by atoms with E-state index in [0.29, 0.717) is 17.9 Å². The molecule has 1 atom stereocenters. The molecule has 0 saturated heterocycles. The summed E-state index contributed by atoms with van der Waals surface area (Å²) in [6.45, 7) is 9.12. The molecule has 0 saturated carbocycles. The summed E-state index contributed by atoms with van der Waals surface area (Å²) < 4.78 is 11.1. The zero-order chi connectivity index (χ0) is 21.8. The summed E-state index contributed by atoms with van der Waals surface area (Å²) in [4.78, 5) is 24.4. The van der Waals surface area contributed by atoms with E-state index in [0.717, 1.165) is 16.7 Å². The first-order chi connectivity index (χ1) is 13.4.